The first-order valence-electron chi connectivity index (χ1n) is 9.27. The number of ether oxygens (including phenoxy) is 3. The fraction of sp³-hybridized carbons (Fsp3) is 0.130. The van der Waals surface area contributed by atoms with E-state index in [-0.39, 0.29) is 11.3 Å². The lowest BCUT2D eigenvalue weighted by Crippen LogP contribution is -2.40. The van der Waals surface area contributed by atoms with E-state index in [1.807, 2.05) is 24.3 Å². The van der Waals surface area contributed by atoms with Gasteiger partial charge in [-0.25, -0.2) is 0 Å². The average Bonchev–Trinajstić information content (AvgIpc) is 2.79. The lowest BCUT2D eigenvalue weighted by molar-refractivity contribution is -0.117. The van der Waals surface area contributed by atoms with Crippen LogP contribution in [0.1, 0.15) is 15.9 Å². The average molecular weight is 422 g/mol. The van der Waals surface area contributed by atoms with E-state index in [0.29, 0.717) is 22.8 Å². The molecular weight excluding hydrogens is 400 g/mol. The number of rotatable bonds is 6. The molecule has 3 N–H and O–H groups in total. The Bertz CT molecular complexity index is 1130. The van der Waals surface area contributed by atoms with Crippen molar-refractivity contribution < 1.29 is 28.9 Å². The Balaban J connectivity index is 1.68. The van der Waals surface area contributed by atoms with Gasteiger partial charge in [0.2, 0.25) is 5.75 Å². The lowest BCUT2D eigenvalue weighted by Gasteiger charge is -2.12. The molecule has 0 radical (unpaired) electrons. The van der Waals surface area contributed by atoms with Gasteiger partial charge in [-0.15, -0.1) is 0 Å². The van der Waals surface area contributed by atoms with E-state index in [0.717, 1.165) is 10.8 Å². The molecule has 160 valence electrons. The minimum Gasteiger partial charge on any atom is -0.507 e. The molecule has 0 saturated heterocycles. The molecule has 8 nitrogen and oxygen atoms in total. The standard InChI is InChI=1S/C23H22N2O6/c1-29-19-10-14(11-20(30-2)22(19)31-3)8-9-21(27)24-25-23(28)17-12-15-6-4-5-7-16(15)13-18(17)26/h4-13,26H,1-3H3,(H,24,27)(H,25,28). The highest BCUT2D eigenvalue weighted by Gasteiger charge is 2.14. The molecule has 0 spiro atoms. The van der Waals surface area contributed by atoms with Gasteiger partial charge in [-0.05, 0) is 46.7 Å². The normalized spacial score (nSPS) is 10.7. The van der Waals surface area contributed by atoms with Crippen molar-refractivity contribution in [1.29, 1.82) is 0 Å². The second-order valence-electron chi connectivity index (χ2n) is 6.45. The Hall–Kier alpha value is -4.20. The van der Waals surface area contributed by atoms with Gasteiger partial charge in [-0.3, -0.25) is 20.4 Å². The summed E-state index contributed by atoms with van der Waals surface area (Å²) in [5, 5.41) is 11.7. The van der Waals surface area contributed by atoms with Gasteiger partial charge >= 0.3 is 0 Å². The maximum Gasteiger partial charge on any atom is 0.273 e. The minimum atomic E-state index is -0.641. The van der Waals surface area contributed by atoms with Crippen LogP contribution in [0.3, 0.4) is 0 Å². The van der Waals surface area contributed by atoms with Crippen LogP contribution in [0.15, 0.2) is 54.6 Å². The number of hydrazine groups is 1. The third-order valence-electron chi connectivity index (χ3n) is 4.52. The van der Waals surface area contributed by atoms with E-state index in [4.69, 9.17) is 14.2 Å². The first-order valence-corrected chi connectivity index (χ1v) is 9.27. The molecule has 0 heterocycles. The molecule has 0 fully saturated rings. The molecule has 2 amide bonds. The van der Waals surface area contributed by atoms with Crippen molar-refractivity contribution in [2.24, 2.45) is 0 Å². The molecule has 31 heavy (non-hydrogen) atoms. The van der Waals surface area contributed by atoms with Gasteiger partial charge in [0.25, 0.3) is 11.8 Å². The number of benzene rings is 3. The lowest BCUT2D eigenvalue weighted by atomic mass is 10.1. The molecule has 0 aromatic heterocycles. The molecule has 0 saturated carbocycles. The number of aromatic hydroxyl groups is 1. The third-order valence-corrected chi connectivity index (χ3v) is 4.52. The highest BCUT2D eigenvalue weighted by atomic mass is 16.5. The molecule has 3 rings (SSSR count). The number of methoxy groups -OCH3 is 3. The van der Waals surface area contributed by atoms with E-state index < -0.39 is 11.8 Å². The molecule has 3 aromatic rings. The minimum absolute atomic E-state index is 0.0487. The number of nitrogens with one attached hydrogen (secondary N) is 2. The summed E-state index contributed by atoms with van der Waals surface area (Å²) in [5.41, 5.74) is 5.24. The largest absolute Gasteiger partial charge is 0.507 e. The highest BCUT2D eigenvalue weighted by Crippen LogP contribution is 2.38. The van der Waals surface area contributed by atoms with Gasteiger partial charge in [-0.2, -0.15) is 0 Å². The Kier molecular flexibility index (Phi) is 6.61. The summed E-state index contributed by atoms with van der Waals surface area (Å²) < 4.78 is 15.8. The van der Waals surface area contributed by atoms with E-state index in [1.54, 1.807) is 18.2 Å². The number of hydrogen-bond donors (Lipinski definition) is 3. The maximum atomic E-state index is 12.4. The molecule has 0 aliphatic rings. The Morgan fingerprint density at radius 1 is 0.871 bits per heavy atom. The van der Waals surface area contributed by atoms with E-state index in [2.05, 4.69) is 10.9 Å². The molecule has 0 unspecified atom stereocenters. The quantitative estimate of drug-likeness (QED) is 0.417. The van der Waals surface area contributed by atoms with Crippen LogP contribution in [0.25, 0.3) is 16.8 Å². The van der Waals surface area contributed by atoms with Gasteiger partial charge in [-0.1, -0.05) is 24.3 Å². The molecule has 0 aliphatic heterocycles. The molecule has 8 heteroatoms. The van der Waals surface area contributed by atoms with Crippen molar-refractivity contribution in [1.82, 2.24) is 10.9 Å². The summed E-state index contributed by atoms with van der Waals surface area (Å²) in [6.07, 6.45) is 2.76. The predicted octanol–water partition coefficient (Wildman–Crippen LogP) is 3.05. The summed E-state index contributed by atoms with van der Waals surface area (Å²) in [7, 11) is 4.49. The van der Waals surface area contributed by atoms with Crippen LogP contribution in [0.5, 0.6) is 23.0 Å². The Morgan fingerprint density at radius 2 is 1.48 bits per heavy atom. The van der Waals surface area contributed by atoms with Crippen LogP contribution >= 0.6 is 0 Å². The fourth-order valence-corrected chi connectivity index (χ4v) is 3.01. The zero-order chi connectivity index (χ0) is 22.4. The van der Waals surface area contributed by atoms with E-state index in [1.165, 1.54) is 39.5 Å². The number of fused-ring (bicyclic) bond motifs is 1. The fourth-order valence-electron chi connectivity index (χ4n) is 3.01. The Labute approximate surface area is 179 Å². The number of carbonyl (C=O) groups is 2. The summed E-state index contributed by atoms with van der Waals surface area (Å²) in [6.45, 7) is 0. The summed E-state index contributed by atoms with van der Waals surface area (Å²) >= 11 is 0. The van der Waals surface area contributed by atoms with Crippen LogP contribution in [-0.2, 0) is 4.79 Å². The monoisotopic (exact) mass is 422 g/mol. The zero-order valence-electron chi connectivity index (χ0n) is 17.3. The van der Waals surface area contributed by atoms with Crippen molar-refractivity contribution in [3.05, 3.63) is 65.7 Å². The van der Waals surface area contributed by atoms with E-state index in [9.17, 15) is 14.7 Å². The van der Waals surface area contributed by atoms with Gasteiger partial charge in [0.05, 0.1) is 26.9 Å². The van der Waals surface area contributed by atoms with Crippen molar-refractivity contribution in [2.45, 2.75) is 0 Å². The van der Waals surface area contributed by atoms with Crippen LogP contribution in [0.4, 0.5) is 0 Å². The number of carbonyl (C=O) groups excluding carboxylic acids is 2. The van der Waals surface area contributed by atoms with Crippen LogP contribution < -0.4 is 25.1 Å². The number of phenols is 1. The Morgan fingerprint density at radius 3 is 2.06 bits per heavy atom. The van der Waals surface area contributed by atoms with Gasteiger partial charge in [0.1, 0.15) is 5.75 Å². The first kappa shape index (κ1) is 21.5. The summed E-state index contributed by atoms with van der Waals surface area (Å²) in [5.74, 6) is -0.0587. The highest BCUT2D eigenvalue weighted by molar-refractivity contribution is 6.03. The third kappa shape index (κ3) is 4.87. The van der Waals surface area contributed by atoms with Gasteiger partial charge in [0.15, 0.2) is 11.5 Å². The summed E-state index contributed by atoms with van der Waals surface area (Å²) in [4.78, 5) is 24.5. The van der Waals surface area contributed by atoms with Gasteiger partial charge < -0.3 is 19.3 Å². The topological polar surface area (TPSA) is 106 Å². The SMILES string of the molecule is COc1cc(C=CC(=O)NNC(=O)c2cc3ccccc3cc2O)cc(OC)c1OC. The first-order chi connectivity index (χ1) is 15.0. The van der Waals surface area contributed by atoms with Crippen LogP contribution in [-0.4, -0.2) is 38.3 Å². The molecular formula is C23H22N2O6. The molecule has 0 bridgehead atoms. The molecule has 3 aromatic carbocycles. The van der Waals surface area contributed by atoms with Crippen molar-refractivity contribution in [2.75, 3.05) is 21.3 Å². The number of hydrogen-bond acceptors (Lipinski definition) is 6. The van der Waals surface area contributed by atoms with Crippen LogP contribution in [0.2, 0.25) is 0 Å². The smallest absolute Gasteiger partial charge is 0.273 e. The second kappa shape index (κ2) is 9.53. The maximum absolute atomic E-state index is 12.4. The molecule has 0 atom stereocenters. The van der Waals surface area contributed by atoms with Crippen molar-refractivity contribution >= 4 is 28.7 Å². The van der Waals surface area contributed by atoms with Gasteiger partial charge in [0, 0.05) is 6.08 Å². The summed E-state index contributed by atoms with van der Waals surface area (Å²) in [6, 6.07) is 13.7. The number of amides is 2. The predicted molar refractivity (Wildman–Crippen MR) is 116 cm³/mol. The van der Waals surface area contributed by atoms with Crippen molar-refractivity contribution in [3.63, 3.8) is 0 Å². The van der Waals surface area contributed by atoms with Crippen LogP contribution in [0, 0.1) is 0 Å². The van der Waals surface area contributed by atoms with Crippen molar-refractivity contribution in [3.8, 4) is 23.0 Å². The second-order valence-corrected chi connectivity index (χ2v) is 6.45. The number of phenolic OH excluding ortho intramolecular Hbond substituents is 1. The van der Waals surface area contributed by atoms with E-state index >= 15 is 0 Å². The zero-order valence-corrected chi connectivity index (χ0v) is 17.3. The molecule has 0 aliphatic carbocycles.